The molecule has 0 saturated carbocycles. The van der Waals surface area contributed by atoms with Crippen molar-refractivity contribution in [2.75, 3.05) is 12.4 Å². The highest BCUT2D eigenvalue weighted by Gasteiger charge is 2.32. The number of carbonyl (C=O) groups is 2. The highest BCUT2D eigenvalue weighted by atomic mass is 16.5. The van der Waals surface area contributed by atoms with Gasteiger partial charge in [-0.1, -0.05) is 13.3 Å². The van der Waals surface area contributed by atoms with E-state index in [-0.39, 0.29) is 0 Å². The normalized spacial score (nSPS) is 13.4. The summed E-state index contributed by atoms with van der Waals surface area (Å²) < 4.78 is 4.64. The second kappa shape index (κ2) is 6.36. The number of aliphatic carboxylic acids is 1. The number of hydrogen-bond donors (Lipinski definition) is 2. The number of nitrogens with one attached hydrogen (secondary N) is 1. The predicted molar refractivity (Wildman–Crippen MR) is 74.9 cm³/mol. The number of esters is 1. The molecule has 2 N–H and O–H groups in total. The summed E-state index contributed by atoms with van der Waals surface area (Å²) in [6.45, 7) is 5.21. The predicted octanol–water partition coefficient (Wildman–Crippen LogP) is 2.23. The molecule has 0 radical (unpaired) electrons. The molecular weight excluding hydrogens is 260 g/mol. The zero-order chi connectivity index (χ0) is 15.3. The molecule has 0 aliphatic heterocycles. The van der Waals surface area contributed by atoms with Crippen molar-refractivity contribution >= 4 is 17.8 Å². The van der Waals surface area contributed by atoms with Crippen molar-refractivity contribution in [1.82, 2.24) is 4.98 Å². The summed E-state index contributed by atoms with van der Waals surface area (Å²) >= 11 is 0. The van der Waals surface area contributed by atoms with E-state index in [9.17, 15) is 14.7 Å². The minimum absolute atomic E-state index is 0.366. The number of aryl methyl sites for hydroxylation is 1. The summed E-state index contributed by atoms with van der Waals surface area (Å²) in [6.07, 6.45) is 1.21. The number of nitrogens with zero attached hydrogens (tertiary/aromatic N) is 1. The zero-order valence-electron chi connectivity index (χ0n) is 12.2. The van der Waals surface area contributed by atoms with Crippen LogP contribution in [0.15, 0.2) is 12.1 Å². The number of ether oxygens (including phenoxy) is 1. The van der Waals surface area contributed by atoms with Crippen molar-refractivity contribution in [1.29, 1.82) is 0 Å². The van der Waals surface area contributed by atoms with Crippen LogP contribution in [0.3, 0.4) is 0 Å². The second-order valence-corrected chi connectivity index (χ2v) is 4.83. The molecule has 1 rings (SSSR count). The van der Waals surface area contributed by atoms with E-state index in [1.54, 1.807) is 26.0 Å². The van der Waals surface area contributed by atoms with Crippen molar-refractivity contribution in [2.24, 2.45) is 0 Å². The summed E-state index contributed by atoms with van der Waals surface area (Å²) in [7, 11) is 1.30. The Hall–Kier alpha value is -2.11. The van der Waals surface area contributed by atoms with Crippen LogP contribution in [0.2, 0.25) is 0 Å². The van der Waals surface area contributed by atoms with Gasteiger partial charge in [0, 0.05) is 0 Å². The van der Waals surface area contributed by atoms with Gasteiger partial charge in [0.1, 0.15) is 11.4 Å². The third-order valence-electron chi connectivity index (χ3n) is 3.12. The Morgan fingerprint density at radius 3 is 2.55 bits per heavy atom. The van der Waals surface area contributed by atoms with Crippen molar-refractivity contribution in [2.45, 2.75) is 39.2 Å². The van der Waals surface area contributed by atoms with Gasteiger partial charge in [-0.2, -0.15) is 0 Å². The largest absolute Gasteiger partial charge is 0.480 e. The van der Waals surface area contributed by atoms with E-state index < -0.39 is 17.5 Å². The average molecular weight is 280 g/mol. The van der Waals surface area contributed by atoms with E-state index in [4.69, 9.17) is 0 Å². The van der Waals surface area contributed by atoms with E-state index in [2.05, 4.69) is 15.0 Å². The number of anilines is 1. The SMILES string of the molecule is CCCC(C)(Nc1ccc(C(=O)OC)c(C)n1)C(=O)O. The summed E-state index contributed by atoms with van der Waals surface area (Å²) in [5.41, 5.74) is -0.224. The number of rotatable bonds is 6. The molecule has 1 heterocycles. The first-order valence-corrected chi connectivity index (χ1v) is 6.41. The van der Waals surface area contributed by atoms with Gasteiger partial charge in [-0.15, -0.1) is 0 Å². The van der Waals surface area contributed by atoms with Gasteiger partial charge in [0.2, 0.25) is 0 Å². The van der Waals surface area contributed by atoms with Crippen LogP contribution in [0.1, 0.15) is 42.7 Å². The molecule has 110 valence electrons. The lowest BCUT2D eigenvalue weighted by molar-refractivity contribution is -0.142. The first-order chi connectivity index (χ1) is 9.34. The van der Waals surface area contributed by atoms with Crippen molar-refractivity contribution in [3.63, 3.8) is 0 Å². The van der Waals surface area contributed by atoms with E-state index in [0.717, 1.165) is 6.42 Å². The molecule has 0 aromatic carbocycles. The van der Waals surface area contributed by atoms with E-state index >= 15 is 0 Å². The quantitative estimate of drug-likeness (QED) is 0.777. The highest BCUT2D eigenvalue weighted by Crippen LogP contribution is 2.20. The lowest BCUT2D eigenvalue weighted by Crippen LogP contribution is -2.43. The molecule has 6 heteroatoms. The molecule has 0 saturated heterocycles. The van der Waals surface area contributed by atoms with Crippen molar-refractivity contribution in [3.05, 3.63) is 23.4 Å². The molecule has 1 aromatic heterocycles. The maximum Gasteiger partial charge on any atom is 0.339 e. The molecule has 0 aliphatic rings. The van der Waals surface area contributed by atoms with E-state index in [1.807, 2.05) is 6.92 Å². The Kier molecular flexibility index (Phi) is 5.07. The van der Waals surface area contributed by atoms with Crippen molar-refractivity contribution in [3.8, 4) is 0 Å². The summed E-state index contributed by atoms with van der Waals surface area (Å²) in [5, 5.41) is 12.2. The molecule has 20 heavy (non-hydrogen) atoms. The maximum absolute atomic E-state index is 11.5. The molecule has 1 atom stereocenters. The van der Waals surface area contributed by atoms with E-state index in [0.29, 0.717) is 23.5 Å². The first kappa shape index (κ1) is 15.9. The fraction of sp³-hybridized carbons (Fsp3) is 0.500. The maximum atomic E-state index is 11.5. The van der Waals surface area contributed by atoms with Gasteiger partial charge in [-0.3, -0.25) is 0 Å². The number of carbonyl (C=O) groups excluding carboxylic acids is 1. The molecule has 6 nitrogen and oxygen atoms in total. The fourth-order valence-electron chi connectivity index (χ4n) is 1.96. The number of aromatic nitrogens is 1. The summed E-state index contributed by atoms with van der Waals surface area (Å²) in [4.78, 5) is 27.0. The Morgan fingerprint density at radius 1 is 1.45 bits per heavy atom. The monoisotopic (exact) mass is 280 g/mol. The van der Waals surface area contributed by atoms with Crippen LogP contribution in [-0.4, -0.2) is 34.7 Å². The Balaban J connectivity index is 3.01. The molecule has 0 fully saturated rings. The molecular formula is C14H20N2O4. The Bertz CT molecular complexity index is 516. The third-order valence-corrected chi connectivity index (χ3v) is 3.12. The van der Waals surface area contributed by atoms with Crippen molar-refractivity contribution < 1.29 is 19.4 Å². The summed E-state index contributed by atoms with van der Waals surface area (Å²) in [6, 6.07) is 3.15. The summed E-state index contributed by atoms with van der Waals surface area (Å²) in [5.74, 6) is -0.972. The Labute approximate surface area is 118 Å². The van der Waals surface area contributed by atoms with Crippen LogP contribution in [0.25, 0.3) is 0 Å². The van der Waals surface area contributed by atoms with Gasteiger partial charge in [0.25, 0.3) is 0 Å². The van der Waals surface area contributed by atoms with Gasteiger partial charge in [0.15, 0.2) is 0 Å². The fourth-order valence-corrected chi connectivity index (χ4v) is 1.96. The van der Waals surface area contributed by atoms with Gasteiger partial charge in [0.05, 0.1) is 18.4 Å². The topological polar surface area (TPSA) is 88.5 Å². The van der Waals surface area contributed by atoms with Gasteiger partial charge in [-0.05, 0) is 32.4 Å². The third kappa shape index (κ3) is 3.46. The van der Waals surface area contributed by atoms with Crippen LogP contribution in [0.4, 0.5) is 5.82 Å². The van der Waals surface area contributed by atoms with E-state index in [1.165, 1.54) is 7.11 Å². The van der Waals surface area contributed by atoms with Crippen LogP contribution in [0.5, 0.6) is 0 Å². The van der Waals surface area contributed by atoms with Crippen LogP contribution < -0.4 is 5.32 Å². The molecule has 0 spiro atoms. The molecule has 0 amide bonds. The van der Waals surface area contributed by atoms with Gasteiger partial charge >= 0.3 is 11.9 Å². The Morgan fingerprint density at radius 2 is 2.10 bits per heavy atom. The first-order valence-electron chi connectivity index (χ1n) is 6.41. The van der Waals surface area contributed by atoms with Crippen LogP contribution in [-0.2, 0) is 9.53 Å². The standard InChI is InChI=1S/C14H20N2O4/c1-5-8-14(3,13(18)19)16-11-7-6-10(9(2)15-11)12(17)20-4/h6-7H,5,8H2,1-4H3,(H,15,16)(H,18,19). The molecule has 1 aromatic rings. The number of hydrogen-bond acceptors (Lipinski definition) is 5. The number of pyridine rings is 1. The highest BCUT2D eigenvalue weighted by molar-refractivity contribution is 5.90. The minimum atomic E-state index is -1.08. The second-order valence-electron chi connectivity index (χ2n) is 4.83. The number of carboxylic acid groups (broad SMARTS) is 1. The lowest BCUT2D eigenvalue weighted by Gasteiger charge is -2.26. The number of methoxy groups -OCH3 is 1. The minimum Gasteiger partial charge on any atom is -0.480 e. The zero-order valence-corrected chi connectivity index (χ0v) is 12.2. The van der Waals surface area contributed by atoms with Crippen LogP contribution >= 0.6 is 0 Å². The number of carboxylic acids is 1. The lowest BCUT2D eigenvalue weighted by atomic mass is 9.96. The smallest absolute Gasteiger partial charge is 0.339 e. The van der Waals surface area contributed by atoms with Gasteiger partial charge < -0.3 is 15.2 Å². The van der Waals surface area contributed by atoms with Crippen LogP contribution in [0, 0.1) is 6.92 Å². The molecule has 0 aliphatic carbocycles. The van der Waals surface area contributed by atoms with Gasteiger partial charge in [-0.25, -0.2) is 14.6 Å². The molecule has 1 unspecified atom stereocenters. The average Bonchev–Trinajstić information content (AvgIpc) is 2.38. The molecule has 0 bridgehead atoms.